The zero-order chi connectivity index (χ0) is 21.0. The van der Waals surface area contributed by atoms with Crippen molar-refractivity contribution in [3.63, 3.8) is 0 Å². The lowest BCUT2D eigenvalue weighted by Crippen LogP contribution is -2.23. The number of carbonyl (C=O) groups excluding carboxylic acids is 1. The normalized spacial score (nSPS) is 11.0. The summed E-state index contributed by atoms with van der Waals surface area (Å²) in [6.45, 7) is 1.20. The molecule has 0 atom stereocenters. The summed E-state index contributed by atoms with van der Waals surface area (Å²) >= 11 is 0. The van der Waals surface area contributed by atoms with Crippen LogP contribution >= 0.6 is 0 Å². The summed E-state index contributed by atoms with van der Waals surface area (Å²) in [6, 6.07) is 21.7. The molecule has 0 fully saturated rings. The van der Waals surface area contributed by atoms with Crippen LogP contribution in [0.25, 0.3) is 16.9 Å². The highest BCUT2D eigenvalue weighted by molar-refractivity contribution is 5.93. The number of amides is 1. The molecular formula is C24H20N6O. The average Bonchev–Trinajstić information content (AvgIpc) is 3.49. The minimum Gasteiger partial charge on any atom is -0.348 e. The Kier molecular flexibility index (Phi) is 4.98. The van der Waals surface area contributed by atoms with Gasteiger partial charge in [-0.25, -0.2) is 14.6 Å². The molecule has 0 saturated carbocycles. The van der Waals surface area contributed by atoms with Crippen LogP contribution in [0, 0.1) is 0 Å². The Morgan fingerprint density at radius 2 is 1.74 bits per heavy atom. The molecule has 0 aliphatic heterocycles. The number of pyridine rings is 1. The van der Waals surface area contributed by atoms with Gasteiger partial charge in [-0.3, -0.25) is 4.79 Å². The van der Waals surface area contributed by atoms with Crippen molar-refractivity contribution in [1.82, 2.24) is 29.6 Å². The highest BCUT2D eigenvalue weighted by Gasteiger charge is 2.07. The molecule has 5 rings (SSSR count). The predicted molar refractivity (Wildman–Crippen MR) is 118 cm³/mol. The van der Waals surface area contributed by atoms with Crippen molar-refractivity contribution in [3.05, 3.63) is 108 Å². The van der Waals surface area contributed by atoms with Gasteiger partial charge < -0.3 is 9.88 Å². The molecule has 0 aliphatic rings. The first kappa shape index (κ1) is 18.7. The van der Waals surface area contributed by atoms with E-state index in [4.69, 9.17) is 0 Å². The van der Waals surface area contributed by atoms with Crippen molar-refractivity contribution in [2.24, 2.45) is 0 Å². The zero-order valence-electron chi connectivity index (χ0n) is 16.7. The third-order valence-corrected chi connectivity index (χ3v) is 5.11. The molecule has 1 N–H and O–H groups in total. The molecule has 0 saturated heterocycles. The predicted octanol–water partition coefficient (Wildman–Crippen LogP) is 3.60. The van der Waals surface area contributed by atoms with Gasteiger partial charge in [0.2, 0.25) is 0 Å². The lowest BCUT2D eigenvalue weighted by molar-refractivity contribution is 0.0950. The van der Waals surface area contributed by atoms with Gasteiger partial charge in [0, 0.05) is 31.7 Å². The van der Waals surface area contributed by atoms with E-state index < -0.39 is 0 Å². The Morgan fingerprint density at radius 1 is 0.903 bits per heavy atom. The Bertz CT molecular complexity index is 1300. The fourth-order valence-electron chi connectivity index (χ4n) is 3.44. The van der Waals surface area contributed by atoms with E-state index in [2.05, 4.69) is 43.1 Å². The van der Waals surface area contributed by atoms with Crippen LogP contribution in [0.3, 0.4) is 0 Å². The van der Waals surface area contributed by atoms with Crippen LogP contribution in [0.2, 0.25) is 0 Å². The van der Waals surface area contributed by atoms with E-state index in [1.807, 2.05) is 42.7 Å². The number of carbonyl (C=O) groups is 1. The van der Waals surface area contributed by atoms with Crippen LogP contribution in [0.5, 0.6) is 0 Å². The Balaban J connectivity index is 1.19. The van der Waals surface area contributed by atoms with Crippen LogP contribution in [-0.4, -0.2) is 30.2 Å². The Labute approximate surface area is 179 Å². The van der Waals surface area contributed by atoms with Gasteiger partial charge in [0.15, 0.2) is 5.82 Å². The van der Waals surface area contributed by atoms with Crippen molar-refractivity contribution in [3.8, 4) is 5.82 Å². The van der Waals surface area contributed by atoms with Crippen molar-refractivity contribution >= 4 is 16.9 Å². The second-order valence-electron chi connectivity index (χ2n) is 7.22. The molecule has 0 aliphatic carbocycles. The number of para-hydroxylation sites is 2. The minimum absolute atomic E-state index is 0.159. The molecule has 5 aromatic rings. The number of imidazole rings is 1. The van der Waals surface area contributed by atoms with Crippen molar-refractivity contribution in [1.29, 1.82) is 0 Å². The van der Waals surface area contributed by atoms with Crippen molar-refractivity contribution in [2.45, 2.75) is 13.1 Å². The van der Waals surface area contributed by atoms with E-state index in [-0.39, 0.29) is 5.91 Å². The van der Waals surface area contributed by atoms with Gasteiger partial charge in [0.05, 0.1) is 22.9 Å². The summed E-state index contributed by atoms with van der Waals surface area (Å²) in [6.07, 6.45) is 6.92. The summed E-state index contributed by atoms with van der Waals surface area (Å²) in [5.74, 6) is 0.510. The maximum absolute atomic E-state index is 12.4. The van der Waals surface area contributed by atoms with Crippen LogP contribution < -0.4 is 5.32 Å². The van der Waals surface area contributed by atoms with Gasteiger partial charge in [0.1, 0.15) is 0 Å². The van der Waals surface area contributed by atoms with E-state index in [0.29, 0.717) is 17.9 Å². The number of benzene rings is 2. The third-order valence-electron chi connectivity index (χ3n) is 5.11. The molecule has 31 heavy (non-hydrogen) atoms. The maximum atomic E-state index is 12.4. The second-order valence-corrected chi connectivity index (χ2v) is 7.22. The molecule has 0 radical (unpaired) electrons. The highest BCUT2D eigenvalue weighted by Crippen LogP contribution is 2.14. The standard InChI is InChI=1S/C24H20N6O/c31-24(20-10-11-23(25-15-20)30-13-3-12-28-30)26-14-18-6-8-19(9-7-18)16-29-17-27-21-4-1-2-5-22(21)29/h1-13,15,17H,14,16H2,(H,26,31). The van der Waals surface area contributed by atoms with Crippen LogP contribution in [0.4, 0.5) is 0 Å². The van der Waals surface area contributed by atoms with Crippen LogP contribution in [-0.2, 0) is 13.1 Å². The summed E-state index contributed by atoms with van der Waals surface area (Å²) < 4.78 is 3.78. The van der Waals surface area contributed by atoms with Crippen molar-refractivity contribution in [2.75, 3.05) is 0 Å². The summed E-state index contributed by atoms with van der Waals surface area (Å²) in [5, 5.41) is 7.07. The molecule has 0 spiro atoms. The first-order valence-corrected chi connectivity index (χ1v) is 9.98. The lowest BCUT2D eigenvalue weighted by Gasteiger charge is -2.08. The van der Waals surface area contributed by atoms with Crippen molar-refractivity contribution < 1.29 is 4.79 Å². The molecule has 152 valence electrons. The number of hydrogen-bond donors (Lipinski definition) is 1. The van der Waals surface area contributed by atoms with Gasteiger partial charge in [-0.15, -0.1) is 0 Å². The van der Waals surface area contributed by atoms with Gasteiger partial charge in [-0.05, 0) is 41.5 Å². The number of rotatable bonds is 6. The molecule has 7 heteroatoms. The topological polar surface area (TPSA) is 77.6 Å². The molecule has 0 bridgehead atoms. The maximum Gasteiger partial charge on any atom is 0.253 e. The molecule has 3 aromatic heterocycles. The van der Waals surface area contributed by atoms with Gasteiger partial charge >= 0.3 is 0 Å². The molecule has 0 unspecified atom stereocenters. The number of hydrogen-bond acceptors (Lipinski definition) is 4. The number of nitrogens with one attached hydrogen (secondary N) is 1. The number of aromatic nitrogens is 5. The minimum atomic E-state index is -0.159. The average molecular weight is 408 g/mol. The first-order valence-electron chi connectivity index (χ1n) is 9.98. The summed E-state index contributed by atoms with van der Waals surface area (Å²) in [7, 11) is 0. The fraction of sp³-hybridized carbons (Fsp3) is 0.0833. The molecule has 1 amide bonds. The first-order chi connectivity index (χ1) is 15.3. The van der Waals surface area contributed by atoms with E-state index in [0.717, 1.165) is 23.1 Å². The van der Waals surface area contributed by atoms with E-state index >= 15 is 0 Å². The zero-order valence-corrected chi connectivity index (χ0v) is 16.7. The van der Waals surface area contributed by atoms with E-state index in [1.165, 1.54) is 5.56 Å². The number of nitrogens with zero attached hydrogens (tertiary/aromatic N) is 5. The smallest absolute Gasteiger partial charge is 0.253 e. The van der Waals surface area contributed by atoms with Gasteiger partial charge in [-0.2, -0.15) is 5.10 Å². The molecule has 7 nitrogen and oxygen atoms in total. The third kappa shape index (κ3) is 4.06. The summed E-state index contributed by atoms with van der Waals surface area (Å²) in [5.41, 5.74) is 4.84. The fourth-order valence-corrected chi connectivity index (χ4v) is 3.44. The van der Waals surface area contributed by atoms with Gasteiger partial charge in [-0.1, -0.05) is 36.4 Å². The highest BCUT2D eigenvalue weighted by atomic mass is 16.1. The lowest BCUT2D eigenvalue weighted by atomic mass is 10.1. The van der Waals surface area contributed by atoms with Crippen LogP contribution in [0.15, 0.2) is 91.6 Å². The van der Waals surface area contributed by atoms with Crippen LogP contribution in [0.1, 0.15) is 21.5 Å². The Morgan fingerprint density at radius 3 is 2.52 bits per heavy atom. The van der Waals surface area contributed by atoms with E-state index in [1.54, 1.807) is 35.4 Å². The summed E-state index contributed by atoms with van der Waals surface area (Å²) in [4.78, 5) is 21.2. The van der Waals surface area contributed by atoms with E-state index in [9.17, 15) is 4.79 Å². The quantitative estimate of drug-likeness (QED) is 0.466. The largest absolute Gasteiger partial charge is 0.348 e. The van der Waals surface area contributed by atoms with Gasteiger partial charge in [0.25, 0.3) is 5.91 Å². The monoisotopic (exact) mass is 408 g/mol. The molecular weight excluding hydrogens is 388 g/mol. The second kappa shape index (κ2) is 8.23. The molecule has 3 heterocycles. The Hall–Kier alpha value is -4.26. The SMILES string of the molecule is O=C(NCc1ccc(Cn2cnc3ccccc32)cc1)c1ccc(-n2cccn2)nc1. The molecule has 2 aromatic carbocycles. The number of fused-ring (bicyclic) bond motifs is 1.